The van der Waals surface area contributed by atoms with Gasteiger partial charge in [-0.15, -0.1) is 0 Å². The highest BCUT2D eigenvalue weighted by molar-refractivity contribution is 9.10. The van der Waals surface area contributed by atoms with E-state index in [1.165, 1.54) is 6.07 Å². The second kappa shape index (κ2) is 5.51. The van der Waals surface area contributed by atoms with Crippen molar-refractivity contribution in [1.82, 2.24) is 0 Å². The molecule has 0 aliphatic rings. The number of anilines is 1. The van der Waals surface area contributed by atoms with Gasteiger partial charge in [-0.05, 0) is 40.2 Å². The maximum Gasteiger partial charge on any atom is 0.419 e. The van der Waals surface area contributed by atoms with Crippen LogP contribution in [0.3, 0.4) is 0 Å². The zero-order valence-corrected chi connectivity index (χ0v) is 11.7. The van der Waals surface area contributed by atoms with Crippen molar-refractivity contribution in [1.29, 1.82) is 0 Å². The van der Waals surface area contributed by atoms with Gasteiger partial charge in [0.05, 0.1) is 15.7 Å². The SMILES string of the molecule is Nc1cc(Br)c(F)cc1Oc1ccc(F)c(C(F)(F)F)c1. The maximum atomic E-state index is 13.4. The second-order valence-electron chi connectivity index (χ2n) is 4.05. The van der Waals surface area contributed by atoms with Crippen molar-refractivity contribution >= 4 is 21.6 Å². The molecular weight excluding hydrogens is 361 g/mol. The summed E-state index contributed by atoms with van der Waals surface area (Å²) in [5.74, 6) is -2.60. The molecule has 2 aromatic carbocycles. The van der Waals surface area contributed by atoms with Crippen LogP contribution in [-0.4, -0.2) is 0 Å². The normalized spacial score (nSPS) is 11.5. The molecule has 0 atom stereocenters. The molecule has 0 radical (unpaired) electrons. The Hall–Kier alpha value is -1.83. The molecule has 0 heterocycles. The number of alkyl halides is 3. The van der Waals surface area contributed by atoms with Crippen molar-refractivity contribution in [3.05, 3.63) is 52.0 Å². The quantitative estimate of drug-likeness (QED) is 0.590. The number of halogens is 6. The van der Waals surface area contributed by atoms with Crippen LogP contribution in [0.2, 0.25) is 0 Å². The number of nitrogen functional groups attached to an aromatic ring is 1. The van der Waals surface area contributed by atoms with Crippen molar-refractivity contribution in [2.45, 2.75) is 6.18 Å². The van der Waals surface area contributed by atoms with E-state index in [2.05, 4.69) is 15.9 Å². The van der Waals surface area contributed by atoms with Crippen LogP contribution in [0.4, 0.5) is 27.6 Å². The maximum absolute atomic E-state index is 13.4. The number of hydrogen-bond acceptors (Lipinski definition) is 2. The third-order valence-electron chi connectivity index (χ3n) is 2.52. The molecule has 0 aliphatic heterocycles. The Balaban J connectivity index is 2.39. The number of hydrogen-bond donors (Lipinski definition) is 1. The monoisotopic (exact) mass is 367 g/mol. The van der Waals surface area contributed by atoms with Gasteiger partial charge in [-0.25, -0.2) is 8.78 Å². The highest BCUT2D eigenvalue weighted by Gasteiger charge is 2.34. The van der Waals surface area contributed by atoms with Gasteiger partial charge in [0.15, 0.2) is 5.75 Å². The van der Waals surface area contributed by atoms with E-state index in [0.717, 1.165) is 12.1 Å². The fourth-order valence-corrected chi connectivity index (χ4v) is 1.91. The summed E-state index contributed by atoms with van der Waals surface area (Å²) >= 11 is 2.90. The Labute approximate surface area is 124 Å². The van der Waals surface area contributed by atoms with E-state index in [0.29, 0.717) is 12.1 Å². The topological polar surface area (TPSA) is 35.2 Å². The number of nitrogens with two attached hydrogens (primary N) is 1. The van der Waals surface area contributed by atoms with Crippen LogP contribution in [0.25, 0.3) is 0 Å². The minimum Gasteiger partial charge on any atom is -0.455 e. The molecule has 0 saturated carbocycles. The molecule has 8 heteroatoms. The molecule has 0 bridgehead atoms. The average Bonchev–Trinajstić information content (AvgIpc) is 2.37. The summed E-state index contributed by atoms with van der Waals surface area (Å²) in [4.78, 5) is 0. The van der Waals surface area contributed by atoms with Crippen molar-refractivity contribution in [3.8, 4) is 11.5 Å². The van der Waals surface area contributed by atoms with E-state index >= 15 is 0 Å². The van der Waals surface area contributed by atoms with Crippen LogP contribution in [0.5, 0.6) is 11.5 Å². The first kappa shape index (κ1) is 15.6. The number of ether oxygens (including phenoxy) is 1. The molecule has 2 nitrogen and oxygen atoms in total. The third kappa shape index (κ3) is 3.44. The van der Waals surface area contributed by atoms with Crippen LogP contribution < -0.4 is 10.5 Å². The van der Waals surface area contributed by atoms with E-state index < -0.39 is 23.4 Å². The van der Waals surface area contributed by atoms with Gasteiger partial charge in [0.1, 0.15) is 17.4 Å². The van der Waals surface area contributed by atoms with Gasteiger partial charge in [0, 0.05) is 6.07 Å². The van der Waals surface area contributed by atoms with E-state index in [-0.39, 0.29) is 21.7 Å². The number of benzene rings is 2. The lowest BCUT2D eigenvalue weighted by atomic mass is 10.2. The largest absolute Gasteiger partial charge is 0.455 e. The van der Waals surface area contributed by atoms with Crippen molar-refractivity contribution in [2.75, 3.05) is 5.73 Å². The molecule has 21 heavy (non-hydrogen) atoms. The summed E-state index contributed by atoms with van der Waals surface area (Å²) in [5.41, 5.74) is 4.11. The Morgan fingerprint density at radius 1 is 1.00 bits per heavy atom. The smallest absolute Gasteiger partial charge is 0.419 e. The van der Waals surface area contributed by atoms with Gasteiger partial charge in [-0.2, -0.15) is 13.2 Å². The minimum atomic E-state index is -4.86. The highest BCUT2D eigenvalue weighted by atomic mass is 79.9. The lowest BCUT2D eigenvalue weighted by Gasteiger charge is -2.12. The van der Waals surface area contributed by atoms with Gasteiger partial charge in [0.2, 0.25) is 0 Å². The minimum absolute atomic E-state index is 0.0150. The first-order valence-electron chi connectivity index (χ1n) is 5.47. The van der Waals surface area contributed by atoms with Gasteiger partial charge in [0.25, 0.3) is 0 Å². The Kier molecular flexibility index (Phi) is 4.08. The van der Waals surface area contributed by atoms with Crippen LogP contribution >= 0.6 is 15.9 Å². The van der Waals surface area contributed by atoms with Crippen LogP contribution in [0.1, 0.15) is 5.56 Å². The highest BCUT2D eigenvalue weighted by Crippen LogP contribution is 2.36. The molecule has 0 unspecified atom stereocenters. The van der Waals surface area contributed by atoms with Gasteiger partial charge in [-0.3, -0.25) is 0 Å². The summed E-state index contributed by atoms with van der Waals surface area (Å²) in [5, 5.41) is 0. The summed E-state index contributed by atoms with van der Waals surface area (Å²) < 4.78 is 69.4. The van der Waals surface area contributed by atoms with Crippen LogP contribution in [0.15, 0.2) is 34.8 Å². The predicted octanol–water partition coefficient (Wildman–Crippen LogP) is 5.12. The molecule has 2 aromatic rings. The molecule has 2 N–H and O–H groups in total. The summed E-state index contributed by atoms with van der Waals surface area (Å²) in [6.07, 6.45) is -4.86. The Morgan fingerprint density at radius 3 is 2.29 bits per heavy atom. The standard InChI is InChI=1S/C13H7BrF5NO/c14-8-4-11(20)12(5-10(8)16)21-6-1-2-9(15)7(3-6)13(17,18)19/h1-5H,20H2. The lowest BCUT2D eigenvalue weighted by molar-refractivity contribution is -0.140. The van der Waals surface area contributed by atoms with Crippen molar-refractivity contribution in [3.63, 3.8) is 0 Å². The Bertz CT molecular complexity index is 687. The third-order valence-corrected chi connectivity index (χ3v) is 3.13. The molecule has 0 amide bonds. The van der Waals surface area contributed by atoms with E-state index in [4.69, 9.17) is 10.5 Å². The summed E-state index contributed by atoms with van der Waals surface area (Å²) in [6.45, 7) is 0. The molecule has 0 fully saturated rings. The fraction of sp³-hybridized carbons (Fsp3) is 0.0769. The predicted molar refractivity (Wildman–Crippen MR) is 70.0 cm³/mol. The van der Waals surface area contributed by atoms with Crippen LogP contribution in [-0.2, 0) is 6.18 Å². The first-order valence-corrected chi connectivity index (χ1v) is 6.27. The molecule has 0 spiro atoms. The van der Waals surface area contributed by atoms with Gasteiger partial charge in [-0.1, -0.05) is 0 Å². The van der Waals surface area contributed by atoms with E-state index in [9.17, 15) is 22.0 Å². The molecular formula is C13H7BrF5NO. The van der Waals surface area contributed by atoms with Crippen LogP contribution in [0, 0.1) is 11.6 Å². The molecule has 0 aromatic heterocycles. The van der Waals surface area contributed by atoms with E-state index in [1.54, 1.807) is 0 Å². The lowest BCUT2D eigenvalue weighted by Crippen LogP contribution is -2.08. The molecule has 0 saturated heterocycles. The second-order valence-corrected chi connectivity index (χ2v) is 4.90. The zero-order chi connectivity index (χ0) is 15.8. The fourth-order valence-electron chi connectivity index (χ4n) is 1.54. The first-order chi connectivity index (χ1) is 9.68. The average molecular weight is 368 g/mol. The van der Waals surface area contributed by atoms with Crippen molar-refractivity contribution < 1.29 is 26.7 Å². The van der Waals surface area contributed by atoms with Crippen molar-refractivity contribution in [2.24, 2.45) is 0 Å². The number of rotatable bonds is 2. The Morgan fingerprint density at radius 2 is 1.67 bits per heavy atom. The summed E-state index contributed by atoms with van der Waals surface area (Å²) in [6, 6.07) is 4.21. The molecule has 2 rings (SSSR count). The summed E-state index contributed by atoms with van der Waals surface area (Å²) in [7, 11) is 0. The molecule has 112 valence electrons. The zero-order valence-electron chi connectivity index (χ0n) is 10.1. The van der Waals surface area contributed by atoms with Gasteiger partial charge < -0.3 is 10.5 Å². The van der Waals surface area contributed by atoms with E-state index in [1.807, 2.05) is 0 Å². The van der Waals surface area contributed by atoms with Gasteiger partial charge >= 0.3 is 6.18 Å². The molecule has 0 aliphatic carbocycles.